The molecule has 1 aliphatic rings. The van der Waals surface area contributed by atoms with Crippen LogP contribution in [0.2, 0.25) is 0 Å². The summed E-state index contributed by atoms with van der Waals surface area (Å²) < 4.78 is 17.7. The van der Waals surface area contributed by atoms with Crippen molar-refractivity contribution in [3.05, 3.63) is 42.0 Å². The lowest BCUT2D eigenvalue weighted by atomic mass is 9.69. The zero-order valence-electron chi connectivity index (χ0n) is 14.8. The summed E-state index contributed by atoms with van der Waals surface area (Å²) in [5, 5.41) is 2.38. The minimum absolute atomic E-state index is 0.169. The van der Waals surface area contributed by atoms with Gasteiger partial charge in [0, 0.05) is 5.82 Å². The van der Waals surface area contributed by atoms with E-state index >= 15 is 0 Å². The van der Waals surface area contributed by atoms with E-state index in [2.05, 4.69) is 65.0 Å². The lowest BCUT2D eigenvalue weighted by Crippen LogP contribution is -2.41. The van der Waals surface area contributed by atoms with Gasteiger partial charge in [0.1, 0.15) is 5.75 Å². The molecule has 2 aromatic carbocycles. The van der Waals surface area contributed by atoms with Crippen molar-refractivity contribution in [3.63, 3.8) is 0 Å². The maximum absolute atomic E-state index is 6.19. The number of rotatable bonds is 3. The number of fused-ring (bicyclic) bond motifs is 1. The van der Waals surface area contributed by atoms with Crippen LogP contribution in [0.15, 0.2) is 36.4 Å². The molecule has 1 fully saturated rings. The van der Waals surface area contributed by atoms with E-state index in [0.29, 0.717) is 0 Å². The Balaban J connectivity index is 1.88. The molecule has 1 atom stereocenters. The maximum Gasteiger partial charge on any atom is 0.465 e. The predicted octanol–water partition coefficient (Wildman–Crippen LogP) is 4.58. The molecule has 4 heteroatoms. The van der Waals surface area contributed by atoms with Gasteiger partial charge in [-0.3, -0.25) is 0 Å². The number of benzene rings is 2. The van der Waals surface area contributed by atoms with Gasteiger partial charge in [0.2, 0.25) is 0 Å². The summed E-state index contributed by atoms with van der Waals surface area (Å²) in [4.78, 5) is 0. The Kier molecular flexibility index (Phi) is 3.93. The fourth-order valence-electron chi connectivity index (χ4n) is 2.90. The Morgan fingerprint density at radius 3 is 2.09 bits per heavy atom. The van der Waals surface area contributed by atoms with Crippen LogP contribution in [0.25, 0.3) is 10.8 Å². The number of methoxy groups -OCH3 is 1. The van der Waals surface area contributed by atoms with Crippen LogP contribution in [0.5, 0.6) is 5.75 Å². The molecule has 0 saturated carbocycles. The second-order valence-electron chi connectivity index (χ2n) is 7.39. The van der Waals surface area contributed by atoms with Gasteiger partial charge >= 0.3 is 7.12 Å². The van der Waals surface area contributed by atoms with Gasteiger partial charge in [-0.25, -0.2) is 0 Å². The molecule has 0 spiro atoms. The van der Waals surface area contributed by atoms with Crippen LogP contribution in [-0.4, -0.2) is 25.4 Å². The van der Waals surface area contributed by atoms with Crippen LogP contribution < -0.4 is 4.74 Å². The average molecular weight is 312 g/mol. The van der Waals surface area contributed by atoms with E-state index in [-0.39, 0.29) is 24.1 Å². The molecule has 23 heavy (non-hydrogen) atoms. The normalized spacial score (nSPS) is 20.7. The monoisotopic (exact) mass is 312 g/mol. The zero-order chi connectivity index (χ0) is 16.8. The molecular formula is C19H25BO3. The van der Waals surface area contributed by atoms with Gasteiger partial charge in [0.25, 0.3) is 0 Å². The second kappa shape index (κ2) is 5.54. The Morgan fingerprint density at radius 1 is 0.913 bits per heavy atom. The van der Waals surface area contributed by atoms with Gasteiger partial charge in [-0.15, -0.1) is 0 Å². The Morgan fingerprint density at radius 2 is 1.48 bits per heavy atom. The minimum atomic E-state index is -0.295. The van der Waals surface area contributed by atoms with Crippen molar-refractivity contribution in [1.29, 1.82) is 0 Å². The summed E-state index contributed by atoms with van der Waals surface area (Å²) in [6.45, 7) is 10.5. The Bertz CT molecular complexity index is 708. The fraction of sp³-hybridized carbons (Fsp3) is 0.474. The summed E-state index contributed by atoms with van der Waals surface area (Å²) in [7, 11) is 1.46. The molecule has 1 heterocycles. The van der Waals surface area contributed by atoms with Gasteiger partial charge in [-0.05, 0) is 56.2 Å². The van der Waals surface area contributed by atoms with Crippen LogP contribution in [-0.2, 0) is 9.31 Å². The van der Waals surface area contributed by atoms with E-state index in [1.807, 2.05) is 6.07 Å². The van der Waals surface area contributed by atoms with E-state index in [0.717, 1.165) is 5.75 Å². The molecule has 1 saturated heterocycles. The van der Waals surface area contributed by atoms with Gasteiger partial charge in [0.15, 0.2) is 0 Å². The van der Waals surface area contributed by atoms with E-state index < -0.39 is 0 Å². The third kappa shape index (κ3) is 2.86. The highest BCUT2D eigenvalue weighted by Gasteiger charge is 2.52. The van der Waals surface area contributed by atoms with Crippen LogP contribution in [0.1, 0.15) is 46.0 Å². The summed E-state index contributed by atoms with van der Waals surface area (Å²) in [6, 6.07) is 12.6. The molecule has 0 aromatic heterocycles. The van der Waals surface area contributed by atoms with Crippen molar-refractivity contribution in [3.8, 4) is 5.75 Å². The first kappa shape index (κ1) is 16.3. The van der Waals surface area contributed by atoms with Crippen molar-refractivity contribution in [1.82, 2.24) is 0 Å². The summed E-state index contributed by atoms with van der Waals surface area (Å²) >= 11 is 0. The SMILES string of the molecule is COc1ccc2cc([C@@H](C)B3OC(C)(C)C(C)(C)O3)ccc2c1. The summed E-state index contributed by atoms with van der Waals surface area (Å²) in [5.74, 6) is 1.05. The highest BCUT2D eigenvalue weighted by atomic mass is 16.7. The average Bonchev–Trinajstić information content (AvgIpc) is 2.73. The number of ether oxygens (including phenoxy) is 1. The third-order valence-corrected chi connectivity index (χ3v) is 5.28. The number of hydrogen-bond acceptors (Lipinski definition) is 3. The van der Waals surface area contributed by atoms with Gasteiger partial charge in [-0.1, -0.05) is 31.2 Å². The van der Waals surface area contributed by atoms with Crippen molar-refractivity contribution in [2.75, 3.05) is 7.11 Å². The molecule has 3 nitrogen and oxygen atoms in total. The molecule has 2 aromatic rings. The zero-order valence-corrected chi connectivity index (χ0v) is 14.8. The molecule has 1 aliphatic heterocycles. The smallest absolute Gasteiger partial charge is 0.465 e. The predicted molar refractivity (Wildman–Crippen MR) is 95.0 cm³/mol. The molecule has 0 amide bonds. The third-order valence-electron chi connectivity index (χ3n) is 5.28. The lowest BCUT2D eigenvalue weighted by molar-refractivity contribution is 0.00578. The molecule has 3 rings (SSSR count). The molecular weight excluding hydrogens is 287 g/mol. The van der Waals surface area contributed by atoms with E-state index in [4.69, 9.17) is 14.0 Å². The second-order valence-corrected chi connectivity index (χ2v) is 7.39. The van der Waals surface area contributed by atoms with Crippen LogP contribution in [0.3, 0.4) is 0 Å². The van der Waals surface area contributed by atoms with Crippen molar-refractivity contribution in [2.45, 2.75) is 51.6 Å². The van der Waals surface area contributed by atoms with Crippen LogP contribution in [0.4, 0.5) is 0 Å². The Hall–Kier alpha value is -1.52. The van der Waals surface area contributed by atoms with Gasteiger partial charge in [0.05, 0.1) is 18.3 Å². The van der Waals surface area contributed by atoms with Crippen molar-refractivity contribution < 1.29 is 14.0 Å². The molecule has 0 aliphatic carbocycles. The van der Waals surface area contributed by atoms with E-state index in [1.165, 1.54) is 16.3 Å². The van der Waals surface area contributed by atoms with Crippen molar-refractivity contribution in [2.24, 2.45) is 0 Å². The van der Waals surface area contributed by atoms with E-state index in [9.17, 15) is 0 Å². The first-order valence-corrected chi connectivity index (χ1v) is 8.17. The first-order chi connectivity index (χ1) is 10.7. The highest BCUT2D eigenvalue weighted by Crippen LogP contribution is 2.41. The number of hydrogen-bond donors (Lipinski definition) is 0. The van der Waals surface area contributed by atoms with Crippen LogP contribution in [0, 0.1) is 0 Å². The van der Waals surface area contributed by atoms with Crippen molar-refractivity contribution >= 4 is 17.9 Å². The van der Waals surface area contributed by atoms with E-state index in [1.54, 1.807) is 7.11 Å². The molecule has 0 radical (unpaired) electrons. The van der Waals surface area contributed by atoms with Gasteiger partial charge in [-0.2, -0.15) is 0 Å². The molecule has 0 unspecified atom stereocenters. The topological polar surface area (TPSA) is 27.7 Å². The summed E-state index contributed by atoms with van der Waals surface area (Å²) in [6.07, 6.45) is 0. The first-order valence-electron chi connectivity index (χ1n) is 8.17. The van der Waals surface area contributed by atoms with Gasteiger partial charge < -0.3 is 14.0 Å². The molecule has 122 valence electrons. The fourth-order valence-corrected chi connectivity index (χ4v) is 2.90. The minimum Gasteiger partial charge on any atom is -0.497 e. The quantitative estimate of drug-likeness (QED) is 0.776. The maximum atomic E-state index is 6.19. The standard InChI is InChI=1S/C19H25BO3/c1-13(20-22-18(2,3)19(4,5)23-20)14-7-8-16-12-17(21-6)10-9-15(16)11-14/h7-13H,1-6H3/t13-/m1/s1. The molecule has 0 bridgehead atoms. The molecule has 0 N–H and O–H groups in total. The lowest BCUT2D eigenvalue weighted by Gasteiger charge is -2.32. The summed E-state index contributed by atoms with van der Waals surface area (Å²) in [5.41, 5.74) is 0.632. The largest absolute Gasteiger partial charge is 0.497 e. The highest BCUT2D eigenvalue weighted by molar-refractivity contribution is 6.47. The van der Waals surface area contributed by atoms with Crippen LogP contribution >= 0.6 is 0 Å². The Labute approximate surface area is 139 Å².